The molecule has 2 aromatic rings. The Morgan fingerprint density at radius 1 is 1.16 bits per heavy atom. The number of rotatable bonds is 7. The number of amides is 1. The van der Waals surface area contributed by atoms with Gasteiger partial charge in [0.25, 0.3) is 11.7 Å². The number of aliphatic hydroxyl groups is 1. The van der Waals surface area contributed by atoms with Gasteiger partial charge >= 0.3 is 0 Å². The lowest BCUT2D eigenvalue weighted by molar-refractivity contribution is -0.140. The molecule has 0 aromatic heterocycles. The van der Waals surface area contributed by atoms with Crippen LogP contribution in [0.2, 0.25) is 0 Å². The molecule has 1 saturated heterocycles. The van der Waals surface area contributed by atoms with E-state index in [1.165, 1.54) is 29.2 Å². The Hall–Kier alpha value is -3.19. The van der Waals surface area contributed by atoms with Crippen molar-refractivity contribution < 1.29 is 23.8 Å². The Bertz CT molecular complexity index is 999. The number of carbonyl (C=O) groups excluding carboxylic acids is 2. The molecule has 1 fully saturated rings. The van der Waals surface area contributed by atoms with Crippen LogP contribution in [0.4, 0.5) is 4.39 Å². The van der Waals surface area contributed by atoms with Crippen molar-refractivity contribution in [2.45, 2.75) is 26.0 Å². The number of nitrogens with zero attached hydrogens (tertiary/aromatic N) is 2. The molecule has 1 N–H and O–H groups in total. The number of benzene rings is 2. The SMILES string of the molecule is CC(C)Oc1cccc(/C(O)=C2/C(=O)C(=O)N(CCN(C)C)C2c2ccc(F)cc2)c1. The molecule has 0 radical (unpaired) electrons. The monoisotopic (exact) mass is 426 g/mol. The molecule has 1 atom stereocenters. The summed E-state index contributed by atoms with van der Waals surface area (Å²) < 4.78 is 19.2. The average Bonchev–Trinajstić information content (AvgIpc) is 2.96. The van der Waals surface area contributed by atoms with Gasteiger partial charge in [0.05, 0.1) is 17.7 Å². The largest absolute Gasteiger partial charge is 0.507 e. The third kappa shape index (κ3) is 4.94. The van der Waals surface area contributed by atoms with Crippen LogP contribution in [0.15, 0.2) is 54.1 Å². The van der Waals surface area contributed by atoms with Crippen molar-refractivity contribution in [2.24, 2.45) is 0 Å². The molecule has 0 bridgehead atoms. The summed E-state index contributed by atoms with van der Waals surface area (Å²) >= 11 is 0. The van der Waals surface area contributed by atoms with Crippen molar-refractivity contribution >= 4 is 17.4 Å². The highest BCUT2D eigenvalue weighted by Crippen LogP contribution is 2.39. The van der Waals surface area contributed by atoms with E-state index in [2.05, 4.69) is 0 Å². The van der Waals surface area contributed by atoms with E-state index in [0.717, 1.165) is 0 Å². The lowest BCUT2D eigenvalue weighted by Crippen LogP contribution is -2.35. The molecule has 1 aliphatic rings. The molecular formula is C24H27FN2O4. The van der Waals surface area contributed by atoms with Gasteiger partial charge in [-0.1, -0.05) is 24.3 Å². The maximum absolute atomic E-state index is 13.5. The number of ketones is 1. The maximum atomic E-state index is 13.5. The van der Waals surface area contributed by atoms with Crippen LogP contribution in [-0.2, 0) is 9.59 Å². The normalized spacial score (nSPS) is 18.3. The Balaban J connectivity index is 2.11. The first-order chi connectivity index (χ1) is 14.7. The Kier molecular flexibility index (Phi) is 6.75. The summed E-state index contributed by atoms with van der Waals surface area (Å²) in [7, 11) is 3.73. The predicted molar refractivity (Wildman–Crippen MR) is 116 cm³/mol. The Labute approximate surface area is 181 Å². The molecule has 1 amide bonds. The zero-order valence-electron chi connectivity index (χ0n) is 18.1. The highest BCUT2D eigenvalue weighted by molar-refractivity contribution is 6.46. The number of Topliss-reactive ketones (excluding diaryl/α,β-unsaturated/α-hetero) is 1. The van der Waals surface area contributed by atoms with Gasteiger partial charge in [-0.15, -0.1) is 0 Å². The second kappa shape index (κ2) is 9.31. The van der Waals surface area contributed by atoms with Crippen LogP contribution in [0.3, 0.4) is 0 Å². The smallest absolute Gasteiger partial charge is 0.295 e. The molecule has 0 saturated carbocycles. The van der Waals surface area contributed by atoms with E-state index in [4.69, 9.17) is 4.74 Å². The fourth-order valence-corrected chi connectivity index (χ4v) is 3.55. The van der Waals surface area contributed by atoms with Crippen LogP contribution in [0.5, 0.6) is 5.75 Å². The molecule has 0 aliphatic carbocycles. The summed E-state index contributed by atoms with van der Waals surface area (Å²) in [6, 6.07) is 11.5. The van der Waals surface area contributed by atoms with Crippen molar-refractivity contribution in [1.82, 2.24) is 9.80 Å². The van der Waals surface area contributed by atoms with Gasteiger partial charge in [0, 0.05) is 18.7 Å². The second-order valence-electron chi connectivity index (χ2n) is 8.04. The van der Waals surface area contributed by atoms with E-state index in [0.29, 0.717) is 23.4 Å². The van der Waals surface area contributed by atoms with Crippen molar-refractivity contribution in [3.8, 4) is 5.75 Å². The van der Waals surface area contributed by atoms with E-state index in [9.17, 15) is 19.1 Å². The van der Waals surface area contributed by atoms with Gasteiger partial charge in [-0.2, -0.15) is 0 Å². The highest BCUT2D eigenvalue weighted by Gasteiger charge is 2.45. The molecule has 6 nitrogen and oxygen atoms in total. The highest BCUT2D eigenvalue weighted by atomic mass is 19.1. The van der Waals surface area contributed by atoms with Crippen LogP contribution in [0.1, 0.15) is 31.0 Å². The number of likely N-dealkylation sites (tertiary alicyclic amines) is 1. The summed E-state index contributed by atoms with van der Waals surface area (Å²) in [5.74, 6) is -1.62. The zero-order chi connectivity index (χ0) is 22.7. The lowest BCUT2D eigenvalue weighted by atomic mass is 9.95. The van der Waals surface area contributed by atoms with Crippen LogP contribution in [-0.4, -0.2) is 59.9 Å². The maximum Gasteiger partial charge on any atom is 0.295 e. The summed E-state index contributed by atoms with van der Waals surface area (Å²) in [4.78, 5) is 29.1. The number of ether oxygens (including phenoxy) is 1. The van der Waals surface area contributed by atoms with E-state index < -0.39 is 23.5 Å². The molecule has 1 heterocycles. The zero-order valence-corrected chi connectivity index (χ0v) is 18.1. The number of hydrogen-bond acceptors (Lipinski definition) is 5. The van der Waals surface area contributed by atoms with E-state index in [1.54, 1.807) is 24.3 Å². The van der Waals surface area contributed by atoms with E-state index in [-0.39, 0.29) is 24.0 Å². The van der Waals surface area contributed by atoms with Gasteiger partial charge in [-0.25, -0.2) is 4.39 Å². The molecule has 3 rings (SSSR count). The summed E-state index contributed by atoms with van der Waals surface area (Å²) in [5.41, 5.74) is 0.906. The van der Waals surface area contributed by atoms with Crippen molar-refractivity contribution in [1.29, 1.82) is 0 Å². The van der Waals surface area contributed by atoms with Gasteiger partial charge in [0.15, 0.2) is 0 Å². The van der Waals surface area contributed by atoms with Crippen LogP contribution in [0, 0.1) is 5.82 Å². The minimum absolute atomic E-state index is 0.0166. The molecule has 31 heavy (non-hydrogen) atoms. The summed E-state index contributed by atoms with van der Waals surface area (Å²) in [6.45, 7) is 4.59. The van der Waals surface area contributed by atoms with Crippen molar-refractivity contribution in [3.05, 3.63) is 71.0 Å². The van der Waals surface area contributed by atoms with Crippen LogP contribution in [0.25, 0.3) is 5.76 Å². The van der Waals surface area contributed by atoms with Gasteiger partial charge in [-0.3, -0.25) is 9.59 Å². The van der Waals surface area contributed by atoms with Crippen molar-refractivity contribution in [2.75, 3.05) is 27.2 Å². The van der Waals surface area contributed by atoms with Crippen molar-refractivity contribution in [3.63, 3.8) is 0 Å². The quantitative estimate of drug-likeness (QED) is 0.416. The minimum atomic E-state index is -0.810. The average molecular weight is 426 g/mol. The number of carbonyl (C=O) groups is 2. The third-order valence-corrected chi connectivity index (χ3v) is 4.99. The van der Waals surface area contributed by atoms with E-state index in [1.807, 2.05) is 32.8 Å². The summed E-state index contributed by atoms with van der Waals surface area (Å²) in [6.07, 6.45) is -0.0618. The lowest BCUT2D eigenvalue weighted by Gasteiger charge is -2.26. The molecule has 0 spiro atoms. The molecule has 1 unspecified atom stereocenters. The number of likely N-dealkylation sites (N-methyl/N-ethyl adjacent to an activating group) is 1. The van der Waals surface area contributed by atoms with Gasteiger partial charge in [0.2, 0.25) is 0 Å². The number of aliphatic hydroxyl groups excluding tert-OH is 1. The fraction of sp³-hybridized carbons (Fsp3) is 0.333. The van der Waals surface area contributed by atoms with E-state index >= 15 is 0 Å². The van der Waals surface area contributed by atoms with Gasteiger partial charge < -0.3 is 19.6 Å². The Morgan fingerprint density at radius 2 is 1.84 bits per heavy atom. The van der Waals surface area contributed by atoms with Crippen LogP contribution < -0.4 is 4.74 Å². The molecular weight excluding hydrogens is 399 g/mol. The standard InChI is InChI=1S/C24H27FN2O4/c1-15(2)31-19-7-5-6-17(14-19)22(28)20-21(16-8-10-18(25)11-9-16)27(13-12-26(3)4)24(30)23(20)29/h5-11,14-15,21,28H,12-13H2,1-4H3/b22-20-. The minimum Gasteiger partial charge on any atom is -0.507 e. The first-order valence-corrected chi connectivity index (χ1v) is 10.1. The number of hydrogen-bond donors (Lipinski definition) is 1. The van der Waals surface area contributed by atoms with Crippen LogP contribution >= 0.6 is 0 Å². The molecule has 2 aromatic carbocycles. The number of halogens is 1. The predicted octanol–water partition coefficient (Wildman–Crippen LogP) is 3.60. The molecule has 164 valence electrons. The first kappa shape index (κ1) is 22.5. The molecule has 7 heteroatoms. The topological polar surface area (TPSA) is 70.1 Å². The third-order valence-electron chi connectivity index (χ3n) is 4.99. The van der Waals surface area contributed by atoms with Gasteiger partial charge in [-0.05, 0) is 57.8 Å². The fourth-order valence-electron chi connectivity index (χ4n) is 3.55. The Morgan fingerprint density at radius 3 is 2.45 bits per heavy atom. The molecule has 1 aliphatic heterocycles. The summed E-state index contributed by atoms with van der Waals surface area (Å²) in [5, 5.41) is 11.1. The van der Waals surface area contributed by atoms with Gasteiger partial charge in [0.1, 0.15) is 17.3 Å². The first-order valence-electron chi connectivity index (χ1n) is 10.1. The second-order valence-corrected chi connectivity index (χ2v) is 8.04.